The summed E-state index contributed by atoms with van der Waals surface area (Å²) in [7, 11) is -7.01. The summed E-state index contributed by atoms with van der Waals surface area (Å²) in [6.07, 6.45) is 4.41. The number of rotatable bonds is 10. The number of sulfonamides is 1. The molecule has 1 aromatic heterocycles. The Morgan fingerprint density at radius 3 is 2.59 bits per heavy atom. The van der Waals surface area contributed by atoms with Gasteiger partial charge in [-0.15, -0.1) is 0 Å². The molecule has 9 nitrogen and oxygen atoms in total. The molecule has 41 heavy (non-hydrogen) atoms. The van der Waals surface area contributed by atoms with Crippen molar-refractivity contribution >= 4 is 30.8 Å². The zero-order chi connectivity index (χ0) is 29.3. The van der Waals surface area contributed by atoms with Crippen LogP contribution in [-0.2, 0) is 24.6 Å². The van der Waals surface area contributed by atoms with Crippen molar-refractivity contribution in [3.05, 3.63) is 60.8 Å². The fourth-order valence-electron chi connectivity index (χ4n) is 5.69. The Hall–Kier alpha value is -2.57. The highest BCUT2D eigenvalue weighted by atomic mass is 32.2. The van der Waals surface area contributed by atoms with Crippen LogP contribution in [0.2, 0.25) is 0 Å². The Balaban J connectivity index is 1.09. The van der Waals surface area contributed by atoms with Crippen molar-refractivity contribution in [2.24, 2.45) is 5.92 Å². The molecule has 0 amide bonds. The van der Waals surface area contributed by atoms with Crippen molar-refractivity contribution in [3.63, 3.8) is 0 Å². The largest absolute Gasteiger partial charge is 0.491 e. The number of fused-ring (bicyclic) bond motifs is 1. The lowest BCUT2D eigenvalue weighted by atomic mass is 9.84. The summed E-state index contributed by atoms with van der Waals surface area (Å²) >= 11 is 0. The molecule has 0 radical (unpaired) electrons. The summed E-state index contributed by atoms with van der Waals surface area (Å²) in [5.74, 6) is 0.691. The van der Waals surface area contributed by atoms with Crippen LogP contribution in [0.4, 0.5) is 0 Å². The second-order valence-corrected chi connectivity index (χ2v) is 15.9. The van der Waals surface area contributed by atoms with Gasteiger partial charge in [-0.2, -0.15) is 4.31 Å². The highest BCUT2D eigenvalue weighted by molar-refractivity contribution is 7.92. The van der Waals surface area contributed by atoms with Gasteiger partial charge in [0.15, 0.2) is 9.84 Å². The molecule has 5 rings (SSSR count). The number of pyridine rings is 1. The second kappa shape index (κ2) is 12.0. The fraction of sp³-hybridized carbons (Fsp3) is 0.500. The zero-order valence-electron chi connectivity index (χ0n) is 23.5. The second-order valence-electron chi connectivity index (χ2n) is 11.4. The molecule has 1 N–H and O–H groups in total. The quantitative estimate of drug-likeness (QED) is 0.366. The molecule has 0 bridgehead atoms. The molecule has 2 aliphatic heterocycles. The number of nitrogens with zero attached hydrogens (tertiary/aromatic N) is 2. The summed E-state index contributed by atoms with van der Waals surface area (Å²) < 4.78 is 65.0. The van der Waals surface area contributed by atoms with Crippen LogP contribution in [0.15, 0.2) is 70.6 Å². The minimum absolute atomic E-state index is 0.0710. The maximum absolute atomic E-state index is 13.3. The summed E-state index contributed by atoms with van der Waals surface area (Å²) in [4.78, 5) is 4.76. The Labute approximate surface area is 242 Å². The van der Waals surface area contributed by atoms with Gasteiger partial charge in [-0.3, -0.25) is 4.98 Å². The van der Waals surface area contributed by atoms with E-state index < -0.39 is 31.2 Å². The Kier molecular flexibility index (Phi) is 8.73. The number of sulfone groups is 1. The number of aliphatic hydroxyl groups is 1. The zero-order valence-corrected chi connectivity index (χ0v) is 25.1. The molecule has 11 heteroatoms. The molecule has 2 fully saturated rings. The topological polar surface area (TPSA) is 123 Å². The van der Waals surface area contributed by atoms with E-state index in [1.807, 2.05) is 6.07 Å². The molecule has 2 atom stereocenters. The van der Waals surface area contributed by atoms with Crippen molar-refractivity contribution in [1.29, 1.82) is 0 Å². The van der Waals surface area contributed by atoms with Crippen LogP contribution in [0, 0.1) is 5.92 Å². The van der Waals surface area contributed by atoms with Crippen molar-refractivity contribution in [3.8, 4) is 5.75 Å². The number of aliphatic hydroxyl groups excluding tert-OH is 1. The van der Waals surface area contributed by atoms with Crippen molar-refractivity contribution in [2.75, 3.05) is 26.3 Å². The van der Waals surface area contributed by atoms with E-state index in [-0.39, 0.29) is 27.9 Å². The van der Waals surface area contributed by atoms with Crippen LogP contribution in [0.25, 0.3) is 10.9 Å². The predicted molar refractivity (Wildman–Crippen MR) is 156 cm³/mol. The van der Waals surface area contributed by atoms with Gasteiger partial charge in [0.25, 0.3) is 0 Å². The first-order chi connectivity index (χ1) is 19.5. The lowest BCUT2D eigenvalue weighted by Crippen LogP contribution is -2.46. The summed E-state index contributed by atoms with van der Waals surface area (Å²) in [5.41, 5.74) is 0.436. The molecule has 2 saturated heterocycles. The number of benzene rings is 2. The Bertz CT molecular complexity index is 1580. The third-order valence-electron chi connectivity index (χ3n) is 8.24. The molecule has 2 aromatic carbocycles. The van der Waals surface area contributed by atoms with Crippen molar-refractivity contribution < 1.29 is 31.4 Å². The van der Waals surface area contributed by atoms with E-state index in [0.717, 1.165) is 23.7 Å². The SMILES string of the molecule is CC(C)S(=O)(=O)c1cccc(OC[C@@H](O)CC[C@H]2COC3(CCN(S(=O)(=O)c4ccc5ncccc5c4)CC3)C2)c1. The van der Waals surface area contributed by atoms with E-state index in [1.54, 1.807) is 66.8 Å². The first kappa shape index (κ1) is 29.9. The van der Waals surface area contributed by atoms with Gasteiger partial charge in [0.05, 0.1) is 38.9 Å². The van der Waals surface area contributed by atoms with Gasteiger partial charge in [-0.25, -0.2) is 16.8 Å². The highest BCUT2D eigenvalue weighted by Gasteiger charge is 2.44. The summed E-state index contributed by atoms with van der Waals surface area (Å²) in [5, 5.41) is 10.8. The molecule has 2 aliphatic rings. The first-order valence-electron chi connectivity index (χ1n) is 14.1. The molecule has 222 valence electrons. The van der Waals surface area contributed by atoms with E-state index in [4.69, 9.17) is 9.47 Å². The van der Waals surface area contributed by atoms with Gasteiger partial charge < -0.3 is 14.6 Å². The molecule has 0 saturated carbocycles. The Morgan fingerprint density at radius 2 is 1.83 bits per heavy atom. The Morgan fingerprint density at radius 1 is 1.05 bits per heavy atom. The molecule has 3 aromatic rings. The molecule has 1 spiro atoms. The smallest absolute Gasteiger partial charge is 0.243 e. The van der Waals surface area contributed by atoms with Crippen LogP contribution in [-0.4, -0.2) is 74.5 Å². The number of hydrogen-bond donors (Lipinski definition) is 1. The minimum atomic E-state index is -3.61. The standard InChI is InChI=1S/C30H38N2O7S2/c1-22(2)40(34,35)27-7-3-6-26(18-27)38-21-25(33)9-8-23-19-30(39-20-23)12-15-32(16-13-30)41(36,37)28-10-11-29-24(17-28)5-4-14-31-29/h3-7,10-11,14,17-18,22-23,25,33H,8-9,12-13,15-16,19-21H2,1-2H3/t23-,25+/m1/s1. The van der Waals surface area contributed by atoms with Crippen LogP contribution in [0.3, 0.4) is 0 Å². The van der Waals surface area contributed by atoms with Gasteiger partial charge in [0.2, 0.25) is 10.0 Å². The van der Waals surface area contributed by atoms with Crippen LogP contribution in [0.1, 0.15) is 46.0 Å². The lowest BCUT2D eigenvalue weighted by molar-refractivity contribution is -0.0314. The summed E-state index contributed by atoms with van der Waals surface area (Å²) in [6, 6.07) is 15.1. The average Bonchev–Trinajstić information content (AvgIpc) is 3.37. The minimum Gasteiger partial charge on any atom is -0.491 e. The fourth-order valence-corrected chi connectivity index (χ4v) is 8.26. The van der Waals surface area contributed by atoms with Gasteiger partial charge in [-0.1, -0.05) is 12.1 Å². The maximum atomic E-state index is 13.3. The van der Waals surface area contributed by atoms with Gasteiger partial charge in [0, 0.05) is 24.7 Å². The van der Waals surface area contributed by atoms with Crippen LogP contribution < -0.4 is 4.74 Å². The predicted octanol–water partition coefficient (Wildman–Crippen LogP) is 4.20. The van der Waals surface area contributed by atoms with Crippen molar-refractivity contribution in [1.82, 2.24) is 9.29 Å². The van der Waals surface area contributed by atoms with Crippen LogP contribution in [0.5, 0.6) is 5.75 Å². The van der Waals surface area contributed by atoms with Gasteiger partial charge in [-0.05, 0) is 94.3 Å². The van der Waals surface area contributed by atoms with E-state index in [2.05, 4.69) is 4.98 Å². The maximum Gasteiger partial charge on any atom is 0.243 e. The third kappa shape index (κ3) is 6.59. The van der Waals surface area contributed by atoms with E-state index in [0.29, 0.717) is 44.7 Å². The van der Waals surface area contributed by atoms with E-state index in [9.17, 15) is 21.9 Å². The number of ether oxygens (including phenoxy) is 2. The number of aromatic nitrogens is 1. The molecule has 0 unspecified atom stereocenters. The van der Waals surface area contributed by atoms with Gasteiger partial charge in [0.1, 0.15) is 12.4 Å². The number of piperidine rings is 1. The van der Waals surface area contributed by atoms with Crippen LogP contribution >= 0.6 is 0 Å². The van der Waals surface area contributed by atoms with Crippen molar-refractivity contribution in [2.45, 2.75) is 72.7 Å². The normalized spacial score (nSPS) is 20.5. The first-order valence-corrected chi connectivity index (χ1v) is 17.1. The third-order valence-corrected chi connectivity index (χ3v) is 12.3. The number of hydrogen-bond acceptors (Lipinski definition) is 8. The highest BCUT2D eigenvalue weighted by Crippen LogP contribution is 2.41. The molecular formula is C30H38N2O7S2. The van der Waals surface area contributed by atoms with E-state index in [1.165, 1.54) is 6.07 Å². The molecule has 0 aliphatic carbocycles. The van der Waals surface area contributed by atoms with Gasteiger partial charge >= 0.3 is 0 Å². The average molecular weight is 603 g/mol. The van der Waals surface area contributed by atoms with E-state index >= 15 is 0 Å². The lowest BCUT2D eigenvalue weighted by Gasteiger charge is -2.38. The summed E-state index contributed by atoms with van der Waals surface area (Å²) in [6.45, 7) is 4.75. The molecule has 3 heterocycles. The molecular weight excluding hydrogens is 564 g/mol. The monoisotopic (exact) mass is 602 g/mol.